The van der Waals surface area contributed by atoms with E-state index in [9.17, 15) is 29.1 Å². The molecule has 21 nitrogen and oxygen atoms in total. The lowest BCUT2D eigenvalue weighted by molar-refractivity contribution is -0.144. The third kappa shape index (κ3) is 8.75. The highest BCUT2D eigenvalue weighted by molar-refractivity contribution is 5.99. The number of aliphatic hydroxyl groups excluding tert-OH is 1. The number of nitrogens with one attached hydrogen (secondary N) is 5. The Balaban J connectivity index is 0.000000164. The number of nitrogens with zero attached hydrogens (tertiary/aromatic N) is 3. The van der Waals surface area contributed by atoms with Crippen LogP contribution in [0, 0.1) is 22.7 Å². The summed E-state index contributed by atoms with van der Waals surface area (Å²) in [4.78, 5) is 79.7. The summed E-state index contributed by atoms with van der Waals surface area (Å²) in [6.45, 7) is 15.1. The van der Waals surface area contributed by atoms with Gasteiger partial charge in [-0.25, -0.2) is 24.5 Å². The summed E-state index contributed by atoms with van der Waals surface area (Å²) in [7, 11) is 2.49. The minimum absolute atomic E-state index is 0.0308. The van der Waals surface area contributed by atoms with Gasteiger partial charge in [0.2, 0.25) is 29.5 Å². The van der Waals surface area contributed by atoms with Gasteiger partial charge in [0.25, 0.3) is 5.91 Å². The topological polar surface area (TPSA) is 276 Å². The quantitative estimate of drug-likeness (QED) is 0.0949. The van der Waals surface area contributed by atoms with E-state index in [2.05, 4.69) is 43.7 Å². The number of oxazole rings is 2. The van der Waals surface area contributed by atoms with Crippen LogP contribution in [0.4, 0.5) is 11.4 Å². The number of amides is 3. The first-order valence-corrected chi connectivity index (χ1v) is 27.8. The minimum atomic E-state index is -1.32. The largest absolute Gasteiger partial charge is 0.473 e. The molecule has 6 aromatic rings. The third-order valence-corrected chi connectivity index (χ3v) is 16.8. The van der Waals surface area contributed by atoms with E-state index in [1.807, 2.05) is 128 Å². The molecule has 13 rings (SSSR count). The number of methoxy groups -OCH3 is 2. The number of aliphatic imine (C=N–C) groups is 1. The van der Waals surface area contributed by atoms with Crippen LogP contribution in [0.5, 0.6) is 11.5 Å². The maximum Gasteiger partial charge on any atom is 0.334 e. The maximum absolute atomic E-state index is 14.0. The molecular formula is C62H66N8O13. The van der Waals surface area contributed by atoms with Crippen LogP contribution in [0.25, 0.3) is 0 Å². The number of hydrogen-bond donors (Lipinski definition) is 6. The summed E-state index contributed by atoms with van der Waals surface area (Å²) in [5.74, 6) is -0.297. The van der Waals surface area contributed by atoms with Crippen LogP contribution in [-0.2, 0) is 57.1 Å². The van der Waals surface area contributed by atoms with Gasteiger partial charge in [-0.15, -0.1) is 0 Å². The van der Waals surface area contributed by atoms with Gasteiger partial charge in [0.1, 0.15) is 41.0 Å². The summed E-state index contributed by atoms with van der Waals surface area (Å²) in [6, 6.07) is 24.2. The molecule has 432 valence electrons. The molecule has 0 aliphatic carbocycles. The molecule has 1 unspecified atom stereocenters. The Morgan fingerprint density at radius 1 is 0.687 bits per heavy atom. The maximum atomic E-state index is 14.0. The fourth-order valence-electron chi connectivity index (χ4n) is 12.5. The highest BCUT2D eigenvalue weighted by Gasteiger charge is 2.63. The van der Waals surface area contributed by atoms with Crippen LogP contribution in [0.15, 0.2) is 98.8 Å². The van der Waals surface area contributed by atoms with Gasteiger partial charge in [-0.05, 0) is 70.2 Å². The molecule has 9 heterocycles. The van der Waals surface area contributed by atoms with E-state index in [0.29, 0.717) is 41.7 Å². The number of benzene rings is 4. The van der Waals surface area contributed by atoms with E-state index in [0.717, 1.165) is 44.8 Å². The first-order valence-electron chi connectivity index (χ1n) is 27.8. The van der Waals surface area contributed by atoms with Crippen LogP contribution >= 0.6 is 0 Å². The zero-order valence-corrected chi connectivity index (χ0v) is 47.7. The number of para-hydroxylation sites is 2. The lowest BCUT2D eigenvalue weighted by Crippen LogP contribution is -2.46. The Kier molecular flexibility index (Phi) is 13.2. The lowest BCUT2D eigenvalue weighted by Gasteiger charge is -2.31. The Labute approximate surface area is 478 Å². The van der Waals surface area contributed by atoms with Gasteiger partial charge in [0.15, 0.2) is 47.4 Å². The second kappa shape index (κ2) is 20.0. The van der Waals surface area contributed by atoms with Crippen molar-refractivity contribution >= 4 is 46.9 Å². The summed E-state index contributed by atoms with van der Waals surface area (Å²) >= 11 is 0. The van der Waals surface area contributed by atoms with E-state index < -0.39 is 82.7 Å². The number of rotatable bonds is 6. The number of fused-ring (bicyclic) bond motifs is 8. The van der Waals surface area contributed by atoms with Gasteiger partial charge in [-0.3, -0.25) is 14.4 Å². The zero-order valence-electron chi connectivity index (χ0n) is 47.7. The fourth-order valence-corrected chi connectivity index (χ4v) is 12.5. The normalized spacial score (nSPS) is 26.1. The van der Waals surface area contributed by atoms with E-state index in [1.165, 1.54) is 14.2 Å². The van der Waals surface area contributed by atoms with Gasteiger partial charge >= 0.3 is 11.9 Å². The minimum Gasteiger partial charge on any atom is -0.473 e. The molecule has 21 heteroatoms. The predicted octanol–water partition coefficient (Wildman–Crippen LogP) is 6.68. The smallest absolute Gasteiger partial charge is 0.334 e. The molecule has 7 aliphatic heterocycles. The molecule has 0 saturated carbocycles. The summed E-state index contributed by atoms with van der Waals surface area (Å²) in [6.07, 6.45) is -0.166. The molecule has 4 aromatic carbocycles. The summed E-state index contributed by atoms with van der Waals surface area (Å²) < 4.78 is 42.2. The monoisotopic (exact) mass is 1130 g/mol. The highest BCUT2D eigenvalue weighted by atomic mass is 16.5. The van der Waals surface area contributed by atoms with Crippen LogP contribution in [-0.4, -0.2) is 103 Å². The zero-order chi connectivity index (χ0) is 58.7. The van der Waals surface area contributed by atoms with Crippen LogP contribution < -0.4 is 36.1 Å². The number of esters is 2. The van der Waals surface area contributed by atoms with Crippen LogP contribution in [0.1, 0.15) is 140 Å². The second-order valence-corrected chi connectivity index (χ2v) is 24.5. The van der Waals surface area contributed by atoms with Gasteiger partial charge < -0.3 is 64.2 Å². The Morgan fingerprint density at radius 3 is 1.70 bits per heavy atom. The Hall–Kier alpha value is -8.72. The van der Waals surface area contributed by atoms with Gasteiger partial charge in [-0.2, -0.15) is 0 Å². The third-order valence-electron chi connectivity index (χ3n) is 16.8. The van der Waals surface area contributed by atoms with Gasteiger partial charge in [0, 0.05) is 34.3 Å². The van der Waals surface area contributed by atoms with Crippen molar-refractivity contribution in [3.8, 4) is 11.5 Å². The van der Waals surface area contributed by atoms with Crippen molar-refractivity contribution in [3.05, 3.63) is 153 Å². The van der Waals surface area contributed by atoms with E-state index in [1.54, 1.807) is 0 Å². The molecule has 0 radical (unpaired) electrons. The molecule has 83 heavy (non-hydrogen) atoms. The van der Waals surface area contributed by atoms with E-state index >= 15 is 0 Å². The fraction of sp³-hybridized carbons (Fsp3) is 0.419. The molecule has 7 aliphatic rings. The molecule has 2 aromatic heterocycles. The Bertz CT molecular complexity index is 3690. The number of ether oxygens (including phenoxy) is 5. The first-order chi connectivity index (χ1) is 39.6. The van der Waals surface area contributed by atoms with Crippen molar-refractivity contribution in [2.24, 2.45) is 27.7 Å². The molecule has 6 N–H and O–H groups in total. The van der Waals surface area contributed by atoms with E-state index in [-0.39, 0.29) is 53.5 Å². The standard InChI is InChI=1S/C31H34N4O7.C31H32N4O6/c1-15-12-16-10-11-21-18(13-16)31(17-8-6-7-9-19(17)33-29(31)41-21)24-22(26(38)32-20(14-36)28(39)40-5)34-27(42-24)23(30(2,3)4)35-25(15)37;1-15-12-16-10-11-21-18(13-16)31(17-8-6-7-9-19(17)33-29(31)40-21)24-22(26-32-20(14-39-26)28(37)38-5)34-27(41-24)23(30(2,3)4)35-25(15)36/h6-11,13,15,20,23,29,33,36H,12,14H2,1-5H3,(H,32,38)(H,35,37);6-11,13,15,20,23,29,33H,12,14H2,1-5H3,(H,35,36)/t15-,20-,23+,29+,31-;15-,20?,23+,29+,31-/m00/s1. The summed E-state index contributed by atoms with van der Waals surface area (Å²) in [5, 5.41) is 25.7. The average Bonchev–Trinajstić information content (AvgIpc) is 1.65. The molecule has 0 saturated heterocycles. The van der Waals surface area contributed by atoms with Crippen molar-refractivity contribution in [3.63, 3.8) is 0 Å². The van der Waals surface area contributed by atoms with E-state index in [4.69, 9.17) is 42.5 Å². The number of carbonyl (C=O) groups is 5. The van der Waals surface area contributed by atoms with Gasteiger partial charge in [0.05, 0.1) is 20.8 Å². The van der Waals surface area contributed by atoms with Gasteiger partial charge in [-0.1, -0.05) is 116 Å². The molecule has 0 fully saturated rings. The molecule has 2 spiro atoms. The molecule has 8 bridgehead atoms. The number of aliphatic hydroxyl groups is 1. The number of hydrogen-bond acceptors (Lipinski definition) is 18. The molecule has 3 amide bonds. The number of aromatic nitrogens is 2. The highest BCUT2D eigenvalue weighted by Crippen LogP contribution is 2.60. The van der Waals surface area contributed by atoms with Crippen LogP contribution in [0.2, 0.25) is 0 Å². The Morgan fingerprint density at radius 2 is 1.19 bits per heavy atom. The molecular weight excluding hydrogens is 1060 g/mol. The van der Waals surface area contributed by atoms with Crippen molar-refractivity contribution in [2.75, 3.05) is 38.1 Å². The van der Waals surface area contributed by atoms with Crippen LogP contribution in [0.3, 0.4) is 0 Å². The SMILES string of the molecule is COC(=O)C1COC(c2nc3oc2[C@@]24c5ccccc5N[C@@H]2Oc2ccc(cc24)C[C@H](C)C(=O)N[C@H]3C(C)(C)C)=N1.COC(=O)[C@H](CO)NC(=O)c1nc2oc1[C@@]13c4ccccc4N[C@@H]1Oc1ccc(cc13)C[C@H](C)C(=O)N[C@H]2C(C)(C)C. The van der Waals surface area contributed by atoms with Crippen molar-refractivity contribution in [2.45, 2.75) is 116 Å². The second-order valence-electron chi connectivity index (χ2n) is 24.5. The predicted molar refractivity (Wildman–Crippen MR) is 300 cm³/mol. The number of anilines is 2. The van der Waals surface area contributed by atoms with Crippen molar-refractivity contribution < 1.29 is 61.6 Å². The lowest BCUT2D eigenvalue weighted by atomic mass is 9.72. The summed E-state index contributed by atoms with van der Waals surface area (Å²) in [5.41, 5.74) is 4.35. The van der Waals surface area contributed by atoms with Crippen molar-refractivity contribution in [1.29, 1.82) is 0 Å². The first kappa shape index (κ1) is 54.8. The average molecular weight is 1130 g/mol. The van der Waals surface area contributed by atoms with Crippen molar-refractivity contribution in [1.82, 2.24) is 25.9 Å². The molecule has 10 atom stereocenters. The number of carbonyl (C=O) groups excluding carboxylic acids is 5.